The first kappa shape index (κ1) is 10.9. The van der Waals surface area contributed by atoms with Gasteiger partial charge in [0.15, 0.2) is 5.12 Å². The van der Waals surface area contributed by atoms with Crippen molar-refractivity contribution in [3.63, 3.8) is 0 Å². The minimum atomic E-state index is -0.00829. The number of hydrogen-bond donors (Lipinski definition) is 2. The summed E-state index contributed by atoms with van der Waals surface area (Å²) >= 11 is 1.09. The monoisotopic (exact) mass is 179 g/mol. The number of hydrogen-bond acceptors (Lipinski definition) is 5. The van der Waals surface area contributed by atoms with Gasteiger partial charge in [-0.15, -0.1) is 0 Å². The van der Waals surface area contributed by atoms with E-state index >= 15 is 0 Å². The van der Waals surface area contributed by atoms with E-state index < -0.39 is 0 Å². The van der Waals surface area contributed by atoms with Gasteiger partial charge in [-0.2, -0.15) is 0 Å². The zero-order valence-corrected chi connectivity index (χ0v) is 7.10. The van der Waals surface area contributed by atoms with Gasteiger partial charge < -0.3 is 15.6 Å². The fraction of sp³-hybridized carbons (Fsp3) is 0.833. The third-order valence-electron chi connectivity index (χ3n) is 0.887. The summed E-state index contributed by atoms with van der Waals surface area (Å²) in [6.45, 7) is 0.653. The van der Waals surface area contributed by atoms with Crippen LogP contribution in [0.2, 0.25) is 0 Å². The fourth-order valence-electron chi connectivity index (χ4n) is 0.421. The Labute approximate surface area is 70.1 Å². The number of nitrogens with two attached hydrogens (primary N) is 1. The van der Waals surface area contributed by atoms with Gasteiger partial charge in [0, 0.05) is 13.0 Å². The van der Waals surface area contributed by atoms with Gasteiger partial charge in [0.25, 0.3) is 0 Å². The van der Waals surface area contributed by atoms with Crippen molar-refractivity contribution < 1.29 is 14.6 Å². The Balaban J connectivity index is 3.04. The predicted molar refractivity (Wildman–Crippen MR) is 44.2 cm³/mol. The van der Waals surface area contributed by atoms with E-state index in [0.29, 0.717) is 18.9 Å². The van der Waals surface area contributed by atoms with E-state index in [2.05, 4.69) is 0 Å². The summed E-state index contributed by atoms with van der Waals surface area (Å²) in [4.78, 5) is 10.7. The number of carbonyl (C=O) groups is 1. The van der Waals surface area contributed by atoms with E-state index in [1.807, 2.05) is 0 Å². The zero-order chi connectivity index (χ0) is 8.53. The number of aliphatic hydroxyl groups is 1. The lowest BCUT2D eigenvalue weighted by Gasteiger charge is -1.99. The highest BCUT2D eigenvalue weighted by molar-refractivity contribution is 8.13. The van der Waals surface area contributed by atoms with E-state index in [1.54, 1.807) is 0 Å². The molecule has 0 aromatic heterocycles. The van der Waals surface area contributed by atoms with Crippen molar-refractivity contribution in [1.82, 2.24) is 0 Å². The van der Waals surface area contributed by atoms with Crippen molar-refractivity contribution in [3.05, 3.63) is 0 Å². The van der Waals surface area contributed by atoms with Crippen LogP contribution in [0.4, 0.5) is 0 Å². The molecule has 4 nitrogen and oxygen atoms in total. The summed E-state index contributed by atoms with van der Waals surface area (Å²) in [5.41, 5.74) is 5.14. The molecular weight excluding hydrogens is 166 g/mol. The average Bonchev–Trinajstić information content (AvgIpc) is 1.99. The molecule has 5 heteroatoms. The van der Waals surface area contributed by atoms with Crippen molar-refractivity contribution in [2.24, 2.45) is 5.73 Å². The van der Waals surface area contributed by atoms with Crippen molar-refractivity contribution in [2.75, 3.05) is 25.7 Å². The molecule has 0 bridgehead atoms. The smallest absolute Gasteiger partial charge is 0.192 e. The van der Waals surface area contributed by atoms with Gasteiger partial charge in [0.1, 0.15) is 0 Å². The van der Waals surface area contributed by atoms with Crippen molar-refractivity contribution >= 4 is 16.9 Å². The first-order chi connectivity index (χ1) is 5.31. The van der Waals surface area contributed by atoms with Crippen LogP contribution in [-0.4, -0.2) is 35.9 Å². The fourth-order valence-corrected chi connectivity index (χ4v) is 1.02. The first-order valence-electron chi connectivity index (χ1n) is 3.35. The maximum atomic E-state index is 10.7. The van der Waals surface area contributed by atoms with Crippen molar-refractivity contribution in [3.8, 4) is 0 Å². The normalized spacial score (nSPS) is 10.0. The third-order valence-corrected chi connectivity index (χ3v) is 1.70. The number of rotatable bonds is 6. The SMILES string of the molecule is NCCC(=O)SCOCCO. The molecule has 0 saturated carbocycles. The maximum Gasteiger partial charge on any atom is 0.192 e. The number of ether oxygens (including phenoxy) is 1. The van der Waals surface area contributed by atoms with E-state index in [1.165, 1.54) is 0 Å². The molecule has 0 rings (SSSR count). The molecule has 0 aromatic rings. The maximum absolute atomic E-state index is 10.7. The molecular formula is C6H13NO3S. The van der Waals surface area contributed by atoms with Crippen LogP contribution in [0.1, 0.15) is 6.42 Å². The summed E-state index contributed by atoms with van der Waals surface area (Å²) in [7, 11) is 0. The quantitative estimate of drug-likeness (QED) is 0.427. The lowest BCUT2D eigenvalue weighted by Crippen LogP contribution is -2.06. The van der Waals surface area contributed by atoms with Gasteiger partial charge >= 0.3 is 0 Å². The van der Waals surface area contributed by atoms with E-state index in [-0.39, 0.29) is 18.3 Å². The number of thioether (sulfide) groups is 1. The number of carbonyl (C=O) groups excluding carboxylic acids is 1. The molecule has 0 aliphatic rings. The Morgan fingerprint density at radius 1 is 1.64 bits per heavy atom. The third kappa shape index (κ3) is 7.80. The molecule has 0 aliphatic heterocycles. The molecule has 0 spiro atoms. The molecule has 0 radical (unpaired) electrons. The van der Waals surface area contributed by atoms with Crippen molar-refractivity contribution in [1.29, 1.82) is 0 Å². The summed E-state index contributed by atoms with van der Waals surface area (Å²) < 4.78 is 4.85. The highest BCUT2D eigenvalue weighted by Crippen LogP contribution is 2.03. The highest BCUT2D eigenvalue weighted by atomic mass is 32.2. The topological polar surface area (TPSA) is 72.6 Å². The lowest BCUT2D eigenvalue weighted by atomic mass is 10.5. The number of aliphatic hydroxyl groups excluding tert-OH is 1. The molecule has 66 valence electrons. The minimum Gasteiger partial charge on any atom is -0.394 e. The van der Waals surface area contributed by atoms with Crippen LogP contribution in [0.5, 0.6) is 0 Å². The predicted octanol–water partition coefficient (Wildman–Crippen LogP) is -0.439. The Hall–Kier alpha value is -0.100. The van der Waals surface area contributed by atoms with Gasteiger partial charge in [-0.3, -0.25) is 4.79 Å². The second kappa shape index (κ2) is 8.00. The van der Waals surface area contributed by atoms with Gasteiger partial charge in [0.2, 0.25) is 0 Å². The minimum absolute atomic E-state index is 0.00829. The first-order valence-corrected chi connectivity index (χ1v) is 4.34. The van der Waals surface area contributed by atoms with E-state index in [9.17, 15) is 4.79 Å². The summed E-state index contributed by atoms with van der Waals surface area (Å²) in [5.74, 6) is 0.305. The van der Waals surface area contributed by atoms with Crippen LogP contribution >= 0.6 is 11.8 Å². The van der Waals surface area contributed by atoms with E-state index in [4.69, 9.17) is 15.6 Å². The molecule has 0 heterocycles. The van der Waals surface area contributed by atoms with Gasteiger partial charge in [-0.1, -0.05) is 11.8 Å². The Morgan fingerprint density at radius 3 is 2.91 bits per heavy atom. The average molecular weight is 179 g/mol. The second-order valence-corrected chi connectivity index (χ2v) is 2.78. The van der Waals surface area contributed by atoms with Crippen molar-refractivity contribution in [2.45, 2.75) is 6.42 Å². The molecule has 0 amide bonds. The van der Waals surface area contributed by atoms with Gasteiger partial charge in [-0.25, -0.2) is 0 Å². The standard InChI is InChI=1S/C6H13NO3S/c7-2-1-6(9)11-5-10-4-3-8/h8H,1-5,7H2. The molecule has 0 saturated heterocycles. The molecule has 0 unspecified atom stereocenters. The van der Waals surface area contributed by atoms with E-state index in [0.717, 1.165) is 11.8 Å². The Morgan fingerprint density at radius 2 is 2.36 bits per heavy atom. The molecule has 0 atom stereocenters. The molecule has 3 N–H and O–H groups in total. The molecule has 11 heavy (non-hydrogen) atoms. The van der Waals surface area contributed by atoms with Crippen LogP contribution in [0.25, 0.3) is 0 Å². The molecule has 0 aromatic carbocycles. The molecule has 0 aliphatic carbocycles. The largest absolute Gasteiger partial charge is 0.394 e. The highest BCUT2D eigenvalue weighted by Gasteiger charge is 1.99. The lowest BCUT2D eigenvalue weighted by molar-refractivity contribution is -0.110. The van der Waals surface area contributed by atoms with Crippen LogP contribution < -0.4 is 5.73 Å². The molecule has 0 fully saturated rings. The zero-order valence-electron chi connectivity index (χ0n) is 6.28. The van der Waals surface area contributed by atoms with Crippen LogP contribution in [0, 0.1) is 0 Å². The summed E-state index contributed by atoms with van der Waals surface area (Å²) in [6.07, 6.45) is 0.382. The second-order valence-electron chi connectivity index (χ2n) is 1.80. The van der Waals surface area contributed by atoms with Gasteiger partial charge in [-0.05, 0) is 0 Å². The Kier molecular flexibility index (Phi) is 7.93. The van der Waals surface area contributed by atoms with Crippen LogP contribution in [0.3, 0.4) is 0 Å². The summed E-state index contributed by atoms with van der Waals surface area (Å²) in [6, 6.07) is 0. The van der Waals surface area contributed by atoms with Crippen LogP contribution in [0.15, 0.2) is 0 Å². The summed E-state index contributed by atoms with van der Waals surface area (Å²) in [5, 5.41) is 8.33. The van der Waals surface area contributed by atoms with Crippen LogP contribution in [-0.2, 0) is 9.53 Å². The van der Waals surface area contributed by atoms with Gasteiger partial charge in [0.05, 0.1) is 19.2 Å². The Bertz CT molecular complexity index is 110.